The Labute approximate surface area is 176 Å². The predicted molar refractivity (Wildman–Crippen MR) is 117 cm³/mol. The lowest BCUT2D eigenvalue weighted by Gasteiger charge is -2.10. The van der Waals surface area contributed by atoms with Crippen molar-refractivity contribution in [1.82, 2.24) is 24.7 Å². The summed E-state index contributed by atoms with van der Waals surface area (Å²) in [7, 11) is 0. The summed E-state index contributed by atoms with van der Waals surface area (Å²) in [6, 6.07) is 19.2. The second kappa shape index (κ2) is 7.49. The number of nitrogens with one attached hydrogen (secondary N) is 1. The zero-order chi connectivity index (χ0) is 20.5. The number of aryl methyl sites for hydroxylation is 1. The molecule has 0 atom stereocenters. The van der Waals surface area contributed by atoms with Gasteiger partial charge >= 0.3 is 0 Å². The molecule has 0 aliphatic carbocycles. The fourth-order valence-electron chi connectivity index (χ4n) is 3.08. The van der Waals surface area contributed by atoms with E-state index >= 15 is 0 Å². The highest BCUT2D eigenvalue weighted by atomic mass is 32.1. The molecule has 0 bridgehead atoms. The first-order valence-electron chi connectivity index (χ1n) is 9.27. The van der Waals surface area contributed by atoms with Gasteiger partial charge in [0.1, 0.15) is 29.2 Å². The molecule has 8 heteroatoms. The van der Waals surface area contributed by atoms with Crippen LogP contribution in [0.3, 0.4) is 0 Å². The Morgan fingerprint density at radius 1 is 0.967 bits per heavy atom. The number of carbonyl (C=O) groups excluding carboxylic acids is 1. The predicted octanol–water partition coefficient (Wildman–Crippen LogP) is 4.50. The summed E-state index contributed by atoms with van der Waals surface area (Å²) in [5.74, 6) is 0.294. The summed E-state index contributed by atoms with van der Waals surface area (Å²) in [5.41, 5.74) is 3.93. The topological polar surface area (TPSA) is 85.6 Å². The monoisotopic (exact) mass is 412 g/mol. The smallest absolute Gasteiger partial charge is 0.274 e. The summed E-state index contributed by atoms with van der Waals surface area (Å²) in [4.78, 5) is 22.0. The highest BCUT2D eigenvalue weighted by molar-refractivity contribution is 7.21. The summed E-state index contributed by atoms with van der Waals surface area (Å²) >= 11 is 1.63. The standard InChI is InChI=1S/C22H16N6OS/c1-14-9-10-15(22-27-16-5-2-3-7-19(16)30-22)11-18(14)26-21(29)17-6-4-8-20(25-17)28-12-23-24-13-28/h2-13H,1H3,(H,26,29). The van der Waals surface area contributed by atoms with Crippen LogP contribution in [-0.2, 0) is 0 Å². The SMILES string of the molecule is Cc1ccc(-c2nc3ccccc3s2)cc1NC(=O)c1cccc(-n2cnnc2)n1. The molecule has 0 radical (unpaired) electrons. The van der Waals surface area contributed by atoms with Crippen molar-refractivity contribution in [2.45, 2.75) is 6.92 Å². The third-order valence-electron chi connectivity index (χ3n) is 4.68. The first-order valence-corrected chi connectivity index (χ1v) is 10.1. The summed E-state index contributed by atoms with van der Waals surface area (Å²) < 4.78 is 2.78. The molecule has 2 aromatic carbocycles. The molecule has 0 unspecified atom stereocenters. The minimum atomic E-state index is -0.283. The molecule has 0 spiro atoms. The number of pyridine rings is 1. The molecule has 3 aromatic heterocycles. The number of amides is 1. The van der Waals surface area contributed by atoms with Gasteiger partial charge in [0.25, 0.3) is 5.91 Å². The number of benzene rings is 2. The lowest BCUT2D eigenvalue weighted by Crippen LogP contribution is -2.15. The van der Waals surface area contributed by atoms with E-state index in [4.69, 9.17) is 4.98 Å². The van der Waals surface area contributed by atoms with Crippen LogP contribution in [0.4, 0.5) is 5.69 Å². The highest BCUT2D eigenvalue weighted by Gasteiger charge is 2.13. The largest absolute Gasteiger partial charge is 0.320 e. The van der Waals surface area contributed by atoms with Crippen LogP contribution in [0.2, 0.25) is 0 Å². The molecule has 0 aliphatic rings. The Morgan fingerprint density at radius 2 is 1.80 bits per heavy atom. The van der Waals surface area contributed by atoms with E-state index in [1.54, 1.807) is 34.1 Å². The molecule has 0 saturated carbocycles. The summed E-state index contributed by atoms with van der Waals surface area (Å²) in [6.07, 6.45) is 3.07. The molecule has 0 saturated heterocycles. The average Bonchev–Trinajstić information content (AvgIpc) is 3.45. The van der Waals surface area contributed by atoms with Crippen LogP contribution in [0.5, 0.6) is 0 Å². The van der Waals surface area contributed by atoms with E-state index in [1.807, 2.05) is 43.3 Å². The molecule has 3 heterocycles. The maximum Gasteiger partial charge on any atom is 0.274 e. The van der Waals surface area contributed by atoms with Crippen molar-refractivity contribution in [2.24, 2.45) is 0 Å². The van der Waals surface area contributed by atoms with Crippen LogP contribution in [0.15, 0.2) is 73.3 Å². The third-order valence-corrected chi connectivity index (χ3v) is 5.76. The maximum atomic E-state index is 12.8. The van der Waals surface area contributed by atoms with Crippen molar-refractivity contribution >= 4 is 33.1 Å². The van der Waals surface area contributed by atoms with Crippen molar-refractivity contribution in [3.05, 3.63) is 84.6 Å². The Hall–Kier alpha value is -3.91. The van der Waals surface area contributed by atoms with Gasteiger partial charge in [0.15, 0.2) is 0 Å². The van der Waals surface area contributed by atoms with E-state index in [9.17, 15) is 4.79 Å². The van der Waals surface area contributed by atoms with Crippen molar-refractivity contribution in [3.63, 3.8) is 0 Å². The minimum Gasteiger partial charge on any atom is -0.320 e. The molecule has 146 valence electrons. The van der Waals surface area contributed by atoms with E-state index in [-0.39, 0.29) is 5.91 Å². The van der Waals surface area contributed by atoms with Gasteiger partial charge < -0.3 is 5.32 Å². The van der Waals surface area contributed by atoms with Crippen LogP contribution >= 0.6 is 11.3 Å². The molecular weight excluding hydrogens is 396 g/mol. The molecule has 30 heavy (non-hydrogen) atoms. The van der Waals surface area contributed by atoms with Gasteiger partial charge in [-0.2, -0.15) is 0 Å². The number of aromatic nitrogens is 5. The third kappa shape index (κ3) is 3.44. The zero-order valence-electron chi connectivity index (χ0n) is 16.0. The summed E-state index contributed by atoms with van der Waals surface area (Å²) in [5, 5.41) is 11.4. The van der Waals surface area contributed by atoms with Crippen LogP contribution in [0.25, 0.3) is 26.6 Å². The number of fused-ring (bicyclic) bond motifs is 1. The van der Waals surface area contributed by atoms with Crippen molar-refractivity contribution in [1.29, 1.82) is 0 Å². The number of carbonyl (C=O) groups is 1. The lowest BCUT2D eigenvalue weighted by atomic mass is 10.1. The van der Waals surface area contributed by atoms with E-state index in [1.165, 1.54) is 12.7 Å². The maximum absolute atomic E-state index is 12.8. The number of rotatable bonds is 4. The summed E-state index contributed by atoms with van der Waals surface area (Å²) in [6.45, 7) is 1.96. The van der Waals surface area contributed by atoms with E-state index < -0.39 is 0 Å². The van der Waals surface area contributed by atoms with Crippen LogP contribution in [0.1, 0.15) is 16.1 Å². The first-order chi connectivity index (χ1) is 14.7. The van der Waals surface area contributed by atoms with Gasteiger partial charge in [-0.05, 0) is 42.8 Å². The molecule has 7 nitrogen and oxygen atoms in total. The van der Waals surface area contributed by atoms with Gasteiger partial charge in [0.2, 0.25) is 0 Å². The number of hydrogen-bond donors (Lipinski definition) is 1. The number of para-hydroxylation sites is 1. The second-order valence-corrected chi connectivity index (χ2v) is 7.75. The van der Waals surface area contributed by atoms with Crippen molar-refractivity contribution < 1.29 is 4.79 Å². The van der Waals surface area contributed by atoms with E-state index in [0.717, 1.165) is 32.0 Å². The van der Waals surface area contributed by atoms with Gasteiger partial charge in [-0.3, -0.25) is 9.36 Å². The Morgan fingerprint density at radius 3 is 2.63 bits per heavy atom. The Balaban J connectivity index is 1.44. The number of nitrogens with zero attached hydrogens (tertiary/aromatic N) is 5. The van der Waals surface area contributed by atoms with Crippen LogP contribution in [0, 0.1) is 6.92 Å². The molecule has 5 rings (SSSR count). The highest BCUT2D eigenvalue weighted by Crippen LogP contribution is 2.32. The lowest BCUT2D eigenvalue weighted by molar-refractivity contribution is 0.102. The molecule has 0 fully saturated rings. The van der Waals surface area contributed by atoms with Gasteiger partial charge in [-0.1, -0.05) is 30.3 Å². The minimum absolute atomic E-state index is 0.283. The van der Waals surface area contributed by atoms with Crippen LogP contribution in [-0.4, -0.2) is 30.6 Å². The fourth-order valence-corrected chi connectivity index (χ4v) is 4.05. The molecule has 1 N–H and O–H groups in total. The Bertz CT molecular complexity index is 1330. The quantitative estimate of drug-likeness (QED) is 0.470. The second-order valence-electron chi connectivity index (χ2n) is 6.72. The number of anilines is 1. The number of thiazole rings is 1. The fraction of sp³-hybridized carbons (Fsp3) is 0.0455. The van der Waals surface area contributed by atoms with Gasteiger partial charge in [0.05, 0.1) is 10.2 Å². The zero-order valence-corrected chi connectivity index (χ0v) is 16.8. The number of hydrogen-bond acceptors (Lipinski definition) is 6. The molecule has 0 aliphatic heterocycles. The first kappa shape index (κ1) is 18.1. The van der Waals surface area contributed by atoms with E-state index in [2.05, 4.69) is 26.6 Å². The Kier molecular flexibility index (Phi) is 4.53. The van der Waals surface area contributed by atoms with Crippen molar-refractivity contribution in [3.8, 4) is 16.4 Å². The molecular formula is C22H16N6OS. The van der Waals surface area contributed by atoms with Gasteiger partial charge in [-0.25, -0.2) is 9.97 Å². The van der Waals surface area contributed by atoms with Crippen molar-refractivity contribution in [2.75, 3.05) is 5.32 Å². The normalized spacial score (nSPS) is 11.0. The van der Waals surface area contributed by atoms with E-state index in [0.29, 0.717) is 11.5 Å². The average molecular weight is 412 g/mol. The van der Waals surface area contributed by atoms with Gasteiger partial charge in [-0.15, -0.1) is 21.5 Å². The molecule has 1 amide bonds. The van der Waals surface area contributed by atoms with Crippen LogP contribution < -0.4 is 5.32 Å². The van der Waals surface area contributed by atoms with Gasteiger partial charge in [0, 0.05) is 11.3 Å². The molecule has 5 aromatic rings.